The minimum atomic E-state index is -1.96. The van der Waals surface area contributed by atoms with Crippen LogP contribution < -0.4 is 10.1 Å². The quantitative estimate of drug-likeness (QED) is 0.293. The van der Waals surface area contributed by atoms with Gasteiger partial charge in [-0.3, -0.25) is 4.98 Å². The molecule has 2 fully saturated rings. The van der Waals surface area contributed by atoms with E-state index >= 15 is 0 Å². The van der Waals surface area contributed by atoms with Crippen LogP contribution in [0.4, 0.5) is 5.82 Å². The second-order valence-corrected chi connectivity index (χ2v) is 18.0. The van der Waals surface area contributed by atoms with Crippen molar-refractivity contribution in [1.29, 1.82) is 0 Å². The predicted molar refractivity (Wildman–Crippen MR) is 165 cm³/mol. The Balaban J connectivity index is 1.12. The number of nitrogens with one attached hydrogen (secondary N) is 2. The number of aryl methyl sites for hydroxylation is 1. The summed E-state index contributed by atoms with van der Waals surface area (Å²) in [4.78, 5) is 17.3. The van der Waals surface area contributed by atoms with Crippen LogP contribution in [-0.4, -0.2) is 79.6 Å². The molecule has 5 heterocycles. The Morgan fingerprint density at radius 1 is 1.14 bits per heavy atom. The lowest BCUT2D eigenvalue weighted by Gasteiger charge is -2.39. The van der Waals surface area contributed by atoms with E-state index in [1.807, 2.05) is 24.4 Å². The Morgan fingerprint density at radius 3 is 2.67 bits per heavy atom. The van der Waals surface area contributed by atoms with Gasteiger partial charge in [0, 0.05) is 13.3 Å². The van der Waals surface area contributed by atoms with Gasteiger partial charge in [-0.15, -0.1) is 0 Å². The summed E-state index contributed by atoms with van der Waals surface area (Å²) in [6, 6.07) is 4.38. The number of aromatic amines is 1. The number of methoxy groups -OCH3 is 1. The van der Waals surface area contributed by atoms with Crippen LogP contribution in [0.1, 0.15) is 50.1 Å². The van der Waals surface area contributed by atoms with Gasteiger partial charge in [0.1, 0.15) is 18.0 Å². The summed E-state index contributed by atoms with van der Waals surface area (Å²) in [5.41, 5.74) is 4.52. The van der Waals surface area contributed by atoms with Crippen molar-refractivity contribution in [3.63, 3.8) is 0 Å². The first-order valence-corrected chi connectivity index (χ1v) is 17.9. The molecule has 2 aliphatic heterocycles. The first-order chi connectivity index (χ1) is 20.0. The van der Waals surface area contributed by atoms with Crippen LogP contribution in [0.25, 0.3) is 17.2 Å². The molecule has 12 heteroatoms. The maximum Gasteiger partial charge on any atom is 0.296 e. The molecule has 42 heavy (non-hydrogen) atoms. The largest absolute Gasteiger partial charge is 0.456 e. The van der Waals surface area contributed by atoms with Gasteiger partial charge in [0.15, 0.2) is 20.1 Å². The zero-order valence-electron chi connectivity index (χ0n) is 25.1. The van der Waals surface area contributed by atoms with Gasteiger partial charge in [-0.25, -0.2) is 4.98 Å². The predicted octanol–water partition coefficient (Wildman–Crippen LogP) is 5.70. The molecule has 10 nitrogen and oxygen atoms in total. The number of imidazole rings is 1. The van der Waals surface area contributed by atoms with E-state index in [0.29, 0.717) is 47.8 Å². The number of hydrogen-bond donors (Lipinski definition) is 2. The molecular weight excluding hydrogens is 574 g/mol. The van der Waals surface area contributed by atoms with Crippen LogP contribution in [0.2, 0.25) is 23.2 Å². The van der Waals surface area contributed by atoms with Crippen LogP contribution in [-0.2, 0) is 25.1 Å². The molecule has 0 amide bonds. The Hall–Kier alpha value is -2.54. The summed E-state index contributed by atoms with van der Waals surface area (Å²) >= 11 is 6.65. The van der Waals surface area contributed by atoms with E-state index in [9.17, 15) is 0 Å². The van der Waals surface area contributed by atoms with E-state index in [4.69, 9.17) is 44.9 Å². The van der Waals surface area contributed by atoms with E-state index in [0.717, 1.165) is 24.1 Å². The Morgan fingerprint density at radius 2 is 1.90 bits per heavy atom. The molecule has 2 N–H and O–H groups in total. The standard InChI is InChI=1S/C30H40ClN5O5Si/c1-30(2,3)42(5,6)41-23-16-39-25-22(15-38-26(23)25)40-29-34-21-13-19(31)27(35-28(21)36-29)33-20-10-9-18-12-17(8-7-11-37-4)14-32-24(18)20/h7-8,12-14,20,22-23,25-26H,9-11,15-16H2,1-6H3,(H2,33,34,35,36)/b8-7+/t20?,22-,23?,25-,26-/m1/s1. The van der Waals surface area contributed by atoms with Crippen LogP contribution in [0.5, 0.6) is 6.01 Å². The molecular formula is C30H40ClN5O5Si. The maximum atomic E-state index is 6.65. The summed E-state index contributed by atoms with van der Waals surface area (Å²) in [6.45, 7) is 12.7. The van der Waals surface area contributed by atoms with Crippen molar-refractivity contribution in [3.05, 3.63) is 46.2 Å². The number of H-pyrrole nitrogens is 1. The van der Waals surface area contributed by atoms with Crippen molar-refractivity contribution in [2.45, 2.75) is 82.2 Å². The van der Waals surface area contributed by atoms with Gasteiger partial charge >= 0.3 is 0 Å². The minimum absolute atomic E-state index is 0.0164. The average molecular weight is 614 g/mol. The molecule has 0 aromatic carbocycles. The smallest absolute Gasteiger partial charge is 0.296 e. The van der Waals surface area contributed by atoms with Gasteiger partial charge in [0.05, 0.1) is 48.2 Å². The highest BCUT2D eigenvalue weighted by atomic mass is 35.5. The normalized spacial score (nSPS) is 25.8. The fourth-order valence-corrected chi connectivity index (χ4v) is 7.07. The molecule has 226 valence electrons. The van der Waals surface area contributed by atoms with E-state index in [2.05, 4.69) is 55.2 Å². The second kappa shape index (κ2) is 11.5. The maximum absolute atomic E-state index is 6.65. The highest BCUT2D eigenvalue weighted by molar-refractivity contribution is 6.74. The molecule has 0 saturated carbocycles. The highest BCUT2D eigenvalue weighted by Crippen LogP contribution is 2.41. The van der Waals surface area contributed by atoms with E-state index in [1.54, 1.807) is 7.11 Å². The van der Waals surface area contributed by atoms with Gasteiger partial charge in [-0.2, -0.15) is 4.98 Å². The molecule has 6 rings (SSSR count). The fraction of sp³-hybridized carbons (Fsp3) is 0.567. The molecule has 0 radical (unpaired) electrons. The zero-order chi connectivity index (χ0) is 29.6. The molecule has 3 aromatic heterocycles. The Kier molecular flexibility index (Phi) is 8.09. The highest BCUT2D eigenvalue weighted by Gasteiger charge is 2.52. The number of nitrogens with zero attached hydrogens (tertiary/aromatic N) is 3. The van der Waals surface area contributed by atoms with Gasteiger partial charge in [-0.1, -0.05) is 44.5 Å². The van der Waals surface area contributed by atoms with Crippen molar-refractivity contribution >= 4 is 43.0 Å². The summed E-state index contributed by atoms with van der Waals surface area (Å²) in [5.74, 6) is 0.569. The third-order valence-electron chi connectivity index (χ3n) is 8.82. The third kappa shape index (κ3) is 5.82. The Bertz CT molecular complexity index is 1470. The van der Waals surface area contributed by atoms with Crippen molar-refractivity contribution in [3.8, 4) is 6.01 Å². The molecule has 3 aromatic rings. The fourth-order valence-electron chi connectivity index (χ4n) is 5.55. The summed E-state index contributed by atoms with van der Waals surface area (Å²) in [6.07, 6.45) is 6.96. The number of anilines is 1. The SMILES string of the molecule is COC/C=C/c1cnc2c(c1)CCC2Nc1nc2nc(O[C@@H]3CO[C@@H]4C(O[Si](C)(C)C(C)(C)C)CO[C@@H]43)[nH]c2cc1Cl. The monoisotopic (exact) mass is 613 g/mol. The van der Waals surface area contributed by atoms with E-state index in [1.165, 1.54) is 5.56 Å². The number of pyridine rings is 2. The summed E-state index contributed by atoms with van der Waals surface area (Å²) in [7, 11) is -0.278. The van der Waals surface area contributed by atoms with E-state index < -0.39 is 8.32 Å². The lowest BCUT2D eigenvalue weighted by molar-refractivity contribution is 0.0116. The number of hydrogen-bond acceptors (Lipinski definition) is 9. The van der Waals surface area contributed by atoms with Gasteiger partial charge in [0.2, 0.25) is 0 Å². The summed E-state index contributed by atoms with van der Waals surface area (Å²) in [5, 5.41) is 4.10. The lowest BCUT2D eigenvalue weighted by atomic mass is 10.1. The number of rotatable bonds is 9. The van der Waals surface area contributed by atoms with E-state index in [-0.39, 0.29) is 35.5 Å². The summed E-state index contributed by atoms with van der Waals surface area (Å²) < 4.78 is 30.2. The van der Waals surface area contributed by atoms with Crippen LogP contribution in [0.15, 0.2) is 24.4 Å². The van der Waals surface area contributed by atoms with Crippen molar-refractivity contribution in [1.82, 2.24) is 19.9 Å². The zero-order valence-corrected chi connectivity index (χ0v) is 26.8. The topological polar surface area (TPSA) is 113 Å². The van der Waals surface area contributed by atoms with Crippen molar-refractivity contribution < 1.29 is 23.4 Å². The number of aromatic nitrogens is 4. The number of halogens is 1. The lowest BCUT2D eigenvalue weighted by Crippen LogP contribution is -2.47. The molecule has 2 saturated heterocycles. The molecule has 5 atom stereocenters. The molecule has 2 unspecified atom stereocenters. The van der Waals surface area contributed by atoms with Crippen LogP contribution >= 0.6 is 11.6 Å². The third-order valence-corrected chi connectivity index (χ3v) is 13.6. The average Bonchev–Trinajstić information content (AvgIpc) is 3.70. The molecule has 0 spiro atoms. The van der Waals surface area contributed by atoms with Crippen LogP contribution in [0, 0.1) is 0 Å². The minimum Gasteiger partial charge on any atom is -0.456 e. The molecule has 0 bridgehead atoms. The van der Waals surface area contributed by atoms with Crippen LogP contribution in [0.3, 0.4) is 0 Å². The first-order valence-electron chi connectivity index (χ1n) is 14.6. The first kappa shape index (κ1) is 29.5. The number of fused-ring (bicyclic) bond motifs is 3. The second-order valence-electron chi connectivity index (χ2n) is 12.8. The van der Waals surface area contributed by atoms with Crippen molar-refractivity contribution in [2.24, 2.45) is 0 Å². The Labute approximate surface area is 252 Å². The van der Waals surface area contributed by atoms with Gasteiger partial charge < -0.3 is 33.7 Å². The number of ether oxygens (including phenoxy) is 4. The molecule has 3 aliphatic rings. The van der Waals surface area contributed by atoms with Gasteiger partial charge in [-0.05, 0) is 54.2 Å². The molecule has 1 aliphatic carbocycles. The van der Waals surface area contributed by atoms with Crippen molar-refractivity contribution in [2.75, 3.05) is 32.2 Å². The van der Waals surface area contributed by atoms with Gasteiger partial charge in [0.25, 0.3) is 6.01 Å².